The van der Waals surface area contributed by atoms with Gasteiger partial charge in [0.25, 0.3) is 0 Å². The quantitative estimate of drug-likeness (QED) is 0.822. The van der Waals surface area contributed by atoms with Crippen molar-refractivity contribution < 1.29 is 17.9 Å². The van der Waals surface area contributed by atoms with Crippen LogP contribution in [0.4, 0.5) is 10.6 Å². The van der Waals surface area contributed by atoms with E-state index in [1.165, 1.54) is 10.6 Å². The van der Waals surface area contributed by atoms with Crippen LogP contribution in [0, 0.1) is 5.92 Å². The number of amides is 1. The molecule has 1 atom stereocenters. The molecule has 2 aliphatic rings. The lowest BCUT2D eigenvalue weighted by Crippen LogP contribution is -2.38. The van der Waals surface area contributed by atoms with Crippen molar-refractivity contribution in [2.75, 3.05) is 30.9 Å². The van der Waals surface area contributed by atoms with E-state index >= 15 is 0 Å². The second kappa shape index (κ2) is 6.68. The Hall–Kier alpha value is -1.67. The van der Waals surface area contributed by atoms with Gasteiger partial charge in [-0.3, -0.25) is 4.90 Å². The Morgan fingerprint density at radius 2 is 2.00 bits per heavy atom. The van der Waals surface area contributed by atoms with Crippen LogP contribution in [0.2, 0.25) is 0 Å². The number of piperidine rings is 1. The Labute approximate surface area is 142 Å². The van der Waals surface area contributed by atoms with E-state index < -0.39 is 10.0 Å². The Kier molecular flexibility index (Phi) is 4.78. The number of carbonyl (C=O) groups excluding carboxylic acids is 1. The second-order valence-corrected chi connectivity index (χ2v) is 8.58. The van der Waals surface area contributed by atoms with Crippen molar-refractivity contribution in [1.29, 1.82) is 0 Å². The van der Waals surface area contributed by atoms with E-state index in [-0.39, 0.29) is 12.1 Å². The number of pyridine rings is 1. The molecule has 0 aromatic carbocycles. The highest BCUT2D eigenvalue weighted by Crippen LogP contribution is 2.25. The molecule has 0 spiro atoms. The molecule has 1 aromatic heterocycles. The smallest absolute Gasteiger partial charge is 0.415 e. The van der Waals surface area contributed by atoms with Crippen molar-refractivity contribution in [2.45, 2.75) is 32.2 Å². The minimum absolute atomic E-state index is 0.0155. The summed E-state index contributed by atoms with van der Waals surface area (Å²) in [5, 5.41) is 0. The monoisotopic (exact) mass is 353 g/mol. The van der Waals surface area contributed by atoms with Gasteiger partial charge in [-0.25, -0.2) is 22.5 Å². The molecule has 1 amide bonds. The molecule has 24 heavy (non-hydrogen) atoms. The third kappa shape index (κ3) is 3.70. The number of nitrogens with zero attached hydrogens (tertiary/aromatic N) is 3. The number of hydrogen-bond acceptors (Lipinski definition) is 5. The molecule has 3 heterocycles. The maximum atomic E-state index is 11.8. The van der Waals surface area contributed by atoms with E-state index in [2.05, 4.69) is 4.98 Å². The first-order chi connectivity index (χ1) is 11.3. The average molecular weight is 353 g/mol. The number of hydrogen-bond donors (Lipinski definition) is 0. The molecule has 0 aliphatic carbocycles. The van der Waals surface area contributed by atoms with E-state index in [0.717, 1.165) is 25.0 Å². The third-order valence-electron chi connectivity index (χ3n) is 4.66. The highest BCUT2D eigenvalue weighted by molar-refractivity contribution is 7.88. The first-order valence-electron chi connectivity index (χ1n) is 8.21. The van der Waals surface area contributed by atoms with Crippen LogP contribution in [-0.4, -0.2) is 55.8 Å². The fourth-order valence-electron chi connectivity index (χ4n) is 3.29. The van der Waals surface area contributed by atoms with E-state index in [0.29, 0.717) is 31.4 Å². The number of ether oxygens (including phenoxy) is 1. The lowest BCUT2D eigenvalue weighted by molar-refractivity contribution is 0.179. The van der Waals surface area contributed by atoms with Crippen molar-refractivity contribution >= 4 is 21.9 Å². The van der Waals surface area contributed by atoms with Crippen LogP contribution in [-0.2, 0) is 21.2 Å². The van der Waals surface area contributed by atoms with Gasteiger partial charge in [-0.1, -0.05) is 6.07 Å². The fraction of sp³-hybridized carbons (Fsp3) is 0.625. The van der Waals surface area contributed by atoms with E-state index in [1.807, 2.05) is 25.1 Å². The first-order valence-corrected chi connectivity index (χ1v) is 10.1. The van der Waals surface area contributed by atoms with Gasteiger partial charge in [0.05, 0.1) is 12.3 Å². The van der Waals surface area contributed by atoms with Crippen LogP contribution in [0.1, 0.15) is 25.5 Å². The van der Waals surface area contributed by atoms with Crippen LogP contribution in [0.15, 0.2) is 18.2 Å². The van der Waals surface area contributed by atoms with Gasteiger partial charge in [-0.05, 0) is 44.2 Å². The van der Waals surface area contributed by atoms with Crippen molar-refractivity contribution in [3.05, 3.63) is 23.9 Å². The van der Waals surface area contributed by atoms with E-state index in [9.17, 15) is 13.2 Å². The fourth-order valence-corrected chi connectivity index (χ4v) is 4.16. The maximum Gasteiger partial charge on any atom is 0.415 e. The third-order valence-corrected chi connectivity index (χ3v) is 5.97. The van der Waals surface area contributed by atoms with Crippen LogP contribution < -0.4 is 4.90 Å². The highest BCUT2D eigenvalue weighted by Gasteiger charge is 2.32. The number of anilines is 1. The molecule has 0 unspecified atom stereocenters. The zero-order chi connectivity index (χ0) is 17.3. The zero-order valence-electron chi connectivity index (χ0n) is 14.0. The number of carbonyl (C=O) groups is 1. The molecule has 1 aromatic rings. The zero-order valence-corrected chi connectivity index (χ0v) is 14.8. The van der Waals surface area contributed by atoms with Gasteiger partial charge in [-0.15, -0.1) is 0 Å². The van der Waals surface area contributed by atoms with Crippen molar-refractivity contribution in [2.24, 2.45) is 5.92 Å². The van der Waals surface area contributed by atoms with Gasteiger partial charge < -0.3 is 4.74 Å². The van der Waals surface area contributed by atoms with Crippen molar-refractivity contribution in [3.63, 3.8) is 0 Å². The van der Waals surface area contributed by atoms with Gasteiger partial charge in [-0.2, -0.15) is 0 Å². The maximum absolute atomic E-state index is 11.8. The summed E-state index contributed by atoms with van der Waals surface area (Å²) in [6.07, 6.45) is 3.37. The summed E-state index contributed by atoms with van der Waals surface area (Å²) in [5.74, 6) is 1.03. The topological polar surface area (TPSA) is 79.8 Å². The van der Waals surface area contributed by atoms with Gasteiger partial charge in [0.2, 0.25) is 10.0 Å². The Balaban J connectivity index is 1.65. The molecule has 0 N–H and O–H groups in total. The molecule has 2 saturated heterocycles. The molecule has 132 valence electrons. The molecular formula is C16H23N3O4S. The van der Waals surface area contributed by atoms with Gasteiger partial charge in [0, 0.05) is 18.8 Å². The molecule has 0 saturated carbocycles. The van der Waals surface area contributed by atoms with Crippen LogP contribution >= 0.6 is 0 Å². The van der Waals surface area contributed by atoms with Gasteiger partial charge in [0.15, 0.2) is 0 Å². The number of sulfonamides is 1. The SMILES string of the molecule is C[C@@H]1COC(=O)N1c1cccc(CC2CCN(S(C)(=O)=O)CC2)n1. The van der Waals surface area contributed by atoms with E-state index in [1.54, 1.807) is 4.90 Å². The molecule has 2 fully saturated rings. The molecule has 0 bridgehead atoms. The molecule has 0 radical (unpaired) electrons. The van der Waals surface area contributed by atoms with Crippen LogP contribution in [0.25, 0.3) is 0 Å². The molecule has 3 rings (SSSR count). The average Bonchev–Trinajstić information content (AvgIpc) is 2.86. The Morgan fingerprint density at radius 3 is 2.58 bits per heavy atom. The lowest BCUT2D eigenvalue weighted by Gasteiger charge is -2.30. The lowest BCUT2D eigenvalue weighted by atomic mass is 9.93. The number of cyclic esters (lactones) is 1. The van der Waals surface area contributed by atoms with Gasteiger partial charge in [0.1, 0.15) is 12.4 Å². The van der Waals surface area contributed by atoms with Crippen molar-refractivity contribution in [1.82, 2.24) is 9.29 Å². The van der Waals surface area contributed by atoms with Crippen LogP contribution in [0.3, 0.4) is 0 Å². The summed E-state index contributed by atoms with van der Waals surface area (Å²) in [7, 11) is -3.09. The highest BCUT2D eigenvalue weighted by atomic mass is 32.2. The van der Waals surface area contributed by atoms with Crippen LogP contribution in [0.5, 0.6) is 0 Å². The Bertz CT molecular complexity index is 714. The number of rotatable bonds is 4. The van der Waals surface area contributed by atoms with Crippen molar-refractivity contribution in [3.8, 4) is 0 Å². The second-order valence-electron chi connectivity index (χ2n) is 6.59. The summed E-state index contributed by atoms with van der Waals surface area (Å²) in [5.41, 5.74) is 0.928. The molecule has 8 heteroatoms. The normalized spacial score (nSPS) is 23.5. The minimum Gasteiger partial charge on any atom is -0.447 e. The summed E-state index contributed by atoms with van der Waals surface area (Å²) in [6, 6.07) is 5.66. The predicted octanol–water partition coefficient (Wildman–Crippen LogP) is 1.64. The number of aromatic nitrogens is 1. The van der Waals surface area contributed by atoms with E-state index in [4.69, 9.17) is 4.74 Å². The summed E-state index contributed by atoms with van der Waals surface area (Å²) in [4.78, 5) is 18.0. The summed E-state index contributed by atoms with van der Waals surface area (Å²) >= 11 is 0. The van der Waals surface area contributed by atoms with Gasteiger partial charge >= 0.3 is 6.09 Å². The Morgan fingerprint density at radius 1 is 1.29 bits per heavy atom. The standard InChI is InChI=1S/C16H23N3O4S/c1-12-11-23-16(20)19(12)15-5-3-4-14(17-15)10-13-6-8-18(9-7-13)24(2,21)22/h3-5,12-13H,6-11H2,1-2H3/t12-/m1/s1. The molecule has 2 aliphatic heterocycles. The first kappa shape index (κ1) is 17.2. The minimum atomic E-state index is -3.09. The summed E-state index contributed by atoms with van der Waals surface area (Å²) < 4.78 is 29.7. The molecule has 7 nitrogen and oxygen atoms in total. The molecular weight excluding hydrogens is 330 g/mol. The largest absolute Gasteiger partial charge is 0.447 e. The predicted molar refractivity (Wildman–Crippen MR) is 90.4 cm³/mol. The summed E-state index contributed by atoms with van der Waals surface area (Å²) in [6.45, 7) is 3.45.